The summed E-state index contributed by atoms with van der Waals surface area (Å²) in [4.78, 5) is 17.6. The molecule has 0 bridgehead atoms. The fraction of sp³-hybridized carbons (Fsp3) is 0.682. The highest BCUT2D eigenvalue weighted by molar-refractivity contribution is 5.93. The molecule has 5 nitrogen and oxygen atoms in total. The Hall–Kier alpha value is -1.62. The van der Waals surface area contributed by atoms with Gasteiger partial charge in [0.2, 0.25) is 0 Å². The lowest BCUT2D eigenvalue weighted by Crippen LogP contribution is -2.43. The highest BCUT2D eigenvalue weighted by Crippen LogP contribution is 2.10. The predicted molar refractivity (Wildman–Crippen MR) is 116 cm³/mol. The first-order chi connectivity index (χ1) is 13.0. The van der Waals surface area contributed by atoms with Gasteiger partial charge in [0.25, 0.3) is 5.91 Å². The number of rotatable bonds is 14. The quantitative estimate of drug-likeness (QED) is 0.202. The van der Waals surface area contributed by atoms with Gasteiger partial charge in [-0.25, -0.2) is 0 Å². The van der Waals surface area contributed by atoms with Crippen LogP contribution in [-0.4, -0.2) is 37.3 Å². The summed E-state index contributed by atoms with van der Waals surface area (Å²) in [6, 6.07) is 3.54. The second-order valence-corrected chi connectivity index (χ2v) is 7.42. The monoisotopic (exact) mass is 411 g/mol. The molecule has 6 heteroatoms. The van der Waals surface area contributed by atoms with Crippen LogP contribution in [0.2, 0.25) is 0 Å². The number of halogens is 1. The van der Waals surface area contributed by atoms with Gasteiger partial charge in [0.15, 0.2) is 18.9 Å². The van der Waals surface area contributed by atoms with Gasteiger partial charge >= 0.3 is 0 Å². The summed E-state index contributed by atoms with van der Waals surface area (Å²) < 4.78 is 1.72. The zero-order valence-electron chi connectivity index (χ0n) is 17.9. The summed E-state index contributed by atoms with van der Waals surface area (Å²) >= 11 is 0. The van der Waals surface area contributed by atoms with Gasteiger partial charge in [-0.2, -0.15) is 4.57 Å². The first-order valence-corrected chi connectivity index (χ1v) is 10.5. The number of aromatic nitrogens is 1. The molecule has 1 aromatic heterocycles. The number of carbonyl (C=O) groups excluding carboxylic acids is 1. The predicted octanol–water partition coefficient (Wildman–Crippen LogP) is 3.78. The lowest BCUT2D eigenvalue weighted by molar-refractivity contribution is -0.687. The van der Waals surface area contributed by atoms with Crippen molar-refractivity contribution in [1.82, 2.24) is 4.90 Å². The third-order valence-corrected chi connectivity index (χ3v) is 4.63. The number of pyridine rings is 1. The molecule has 0 atom stereocenters. The number of unbranched alkanes of at least 4 members (excludes halogenated alkanes) is 9. The van der Waals surface area contributed by atoms with Gasteiger partial charge in [0, 0.05) is 32.6 Å². The molecule has 0 saturated heterocycles. The molecule has 1 aromatic rings. The van der Waals surface area contributed by atoms with E-state index in [-0.39, 0.29) is 30.8 Å². The second-order valence-electron chi connectivity index (χ2n) is 7.42. The van der Waals surface area contributed by atoms with E-state index >= 15 is 0 Å². The van der Waals surface area contributed by atoms with Crippen LogP contribution in [0.1, 0.15) is 81.5 Å². The van der Waals surface area contributed by atoms with E-state index in [1.54, 1.807) is 43.2 Å². The number of hydrogen-bond acceptors (Lipinski definition) is 3. The molecule has 0 aliphatic rings. The maximum atomic E-state index is 12.0. The fourth-order valence-electron chi connectivity index (χ4n) is 3.01. The van der Waals surface area contributed by atoms with Crippen LogP contribution >= 0.6 is 12.4 Å². The van der Waals surface area contributed by atoms with Gasteiger partial charge in [0.05, 0.1) is 0 Å². The van der Waals surface area contributed by atoms with E-state index in [0.29, 0.717) is 12.1 Å². The van der Waals surface area contributed by atoms with Crippen molar-refractivity contribution in [3.05, 3.63) is 30.1 Å². The van der Waals surface area contributed by atoms with E-state index in [1.807, 2.05) is 0 Å². The molecule has 0 aliphatic heterocycles. The molecular formula is C22H38ClN3O2. The molecule has 1 rings (SSSR count). The van der Waals surface area contributed by atoms with Crippen LogP contribution < -0.4 is 9.67 Å². The molecule has 1 heterocycles. The Morgan fingerprint density at radius 2 is 1.61 bits per heavy atom. The third kappa shape index (κ3) is 12.0. The van der Waals surface area contributed by atoms with Crippen LogP contribution in [0, 0.1) is 0 Å². The smallest absolute Gasteiger partial charge is 0.259 e. The number of carbonyl (C=O) groups is 1. The first-order valence-electron chi connectivity index (χ1n) is 10.5. The first kappa shape index (κ1) is 26.4. The summed E-state index contributed by atoms with van der Waals surface area (Å²) in [6.45, 7) is 3.04. The zero-order chi connectivity index (χ0) is 19.9. The Bertz CT molecular complexity index is 577. The van der Waals surface area contributed by atoms with E-state index < -0.39 is 0 Å². The lowest BCUT2D eigenvalue weighted by atomic mass is 10.1. The molecule has 0 N–H and O–H groups in total. The van der Waals surface area contributed by atoms with Crippen molar-refractivity contribution in [3.8, 4) is 0 Å². The number of aliphatic imine (C=N–C) groups is 1. The van der Waals surface area contributed by atoms with Gasteiger partial charge in [-0.05, 0) is 12.5 Å². The lowest BCUT2D eigenvalue weighted by Gasteiger charge is -2.10. The summed E-state index contributed by atoms with van der Waals surface area (Å²) in [6.07, 6.45) is 16.3. The van der Waals surface area contributed by atoms with Crippen LogP contribution in [-0.2, 0) is 6.54 Å². The average Bonchev–Trinajstić information content (AvgIpc) is 2.65. The van der Waals surface area contributed by atoms with Crippen LogP contribution in [0.25, 0.3) is 0 Å². The number of nitrogens with zero attached hydrogens (tertiary/aromatic N) is 3. The topological polar surface area (TPSA) is 59.6 Å². The Kier molecular flexibility index (Phi) is 15.4. The molecule has 0 fully saturated rings. The standard InChI is InChI=1S/C22H37N3O2.ClH/c1-4-5-6-7-8-9-10-11-12-13-16-23-21(26)19-25-17-14-15-20(18-25)22(27)24(2)3;/h14-15,17-18H,4-13,16,19H2,1-3H3;1H. The zero-order valence-corrected chi connectivity index (χ0v) is 18.7. The maximum absolute atomic E-state index is 12.0. The molecule has 0 aromatic carbocycles. The summed E-state index contributed by atoms with van der Waals surface area (Å²) in [7, 11) is 3.43. The Balaban J connectivity index is 0.00000729. The fourth-order valence-corrected chi connectivity index (χ4v) is 3.01. The van der Waals surface area contributed by atoms with Crippen molar-refractivity contribution in [2.24, 2.45) is 4.99 Å². The number of hydrogen-bond donors (Lipinski definition) is 0. The van der Waals surface area contributed by atoms with Crippen molar-refractivity contribution in [1.29, 1.82) is 0 Å². The highest BCUT2D eigenvalue weighted by Gasteiger charge is 2.12. The number of amides is 1. The van der Waals surface area contributed by atoms with Crippen molar-refractivity contribution in [2.45, 2.75) is 77.7 Å². The van der Waals surface area contributed by atoms with Crippen LogP contribution in [0.15, 0.2) is 29.5 Å². The van der Waals surface area contributed by atoms with Gasteiger partial charge < -0.3 is 10.0 Å². The molecule has 0 aliphatic carbocycles. The van der Waals surface area contributed by atoms with E-state index in [9.17, 15) is 9.90 Å². The highest BCUT2D eigenvalue weighted by atomic mass is 35.5. The van der Waals surface area contributed by atoms with Gasteiger partial charge in [-0.3, -0.25) is 9.79 Å². The minimum Gasteiger partial charge on any atom is -0.858 e. The van der Waals surface area contributed by atoms with E-state index in [2.05, 4.69) is 11.9 Å². The SMILES string of the molecule is CCCCCCCCCCCCN=C([O-])C[n+]1cccc(C(=O)N(C)C)c1.Cl. The largest absolute Gasteiger partial charge is 0.858 e. The molecule has 0 spiro atoms. The van der Waals surface area contributed by atoms with Crippen molar-refractivity contribution < 1.29 is 14.5 Å². The second kappa shape index (κ2) is 16.3. The molecule has 1 amide bonds. The van der Waals surface area contributed by atoms with Gasteiger partial charge in [-0.15, -0.1) is 12.4 Å². The van der Waals surface area contributed by atoms with Gasteiger partial charge in [-0.1, -0.05) is 64.7 Å². The van der Waals surface area contributed by atoms with Crippen molar-refractivity contribution in [3.63, 3.8) is 0 Å². The molecule has 0 saturated carbocycles. The molecule has 28 heavy (non-hydrogen) atoms. The van der Waals surface area contributed by atoms with Crippen LogP contribution in [0.4, 0.5) is 0 Å². The minimum atomic E-state index is -0.134. The third-order valence-electron chi connectivity index (χ3n) is 4.63. The Labute approximate surface area is 177 Å². The normalized spacial score (nSPS) is 11.2. The molecular weight excluding hydrogens is 374 g/mol. The Morgan fingerprint density at radius 3 is 2.18 bits per heavy atom. The summed E-state index contributed by atoms with van der Waals surface area (Å²) in [5.41, 5.74) is 0.574. The average molecular weight is 412 g/mol. The van der Waals surface area contributed by atoms with E-state index in [1.165, 1.54) is 56.3 Å². The maximum Gasteiger partial charge on any atom is 0.259 e. The van der Waals surface area contributed by atoms with Crippen molar-refractivity contribution >= 4 is 24.2 Å². The van der Waals surface area contributed by atoms with E-state index in [0.717, 1.165) is 12.8 Å². The summed E-state index contributed by atoms with van der Waals surface area (Å²) in [5, 5.41) is 12.0. The Morgan fingerprint density at radius 1 is 1.04 bits per heavy atom. The minimum absolute atomic E-state index is 0. The van der Waals surface area contributed by atoms with E-state index in [4.69, 9.17) is 0 Å². The summed E-state index contributed by atoms with van der Waals surface area (Å²) in [5.74, 6) is -0.204. The molecule has 0 radical (unpaired) electrons. The molecule has 160 valence electrons. The van der Waals surface area contributed by atoms with Crippen LogP contribution in [0.3, 0.4) is 0 Å². The molecule has 0 unspecified atom stereocenters. The van der Waals surface area contributed by atoms with Crippen LogP contribution in [0.5, 0.6) is 0 Å². The van der Waals surface area contributed by atoms with Crippen molar-refractivity contribution in [2.75, 3.05) is 20.6 Å². The van der Waals surface area contributed by atoms with Gasteiger partial charge in [0.1, 0.15) is 5.56 Å².